The molecule has 0 N–H and O–H groups in total. The third-order valence-electron chi connectivity index (χ3n) is 1.57. The van der Waals surface area contributed by atoms with Gasteiger partial charge in [0.1, 0.15) is 0 Å². The molecule has 3 heteroatoms. The number of carbonyl (C=O) groups excluding carboxylic acids is 1. The average molecular weight is 180 g/mol. The maximum absolute atomic E-state index is 11.3. The number of carbonyl (C=O) groups is 1. The van der Waals surface area contributed by atoms with E-state index in [4.69, 9.17) is 0 Å². The number of halogens is 1. The highest BCUT2D eigenvalue weighted by atomic mass is 19.3. The zero-order valence-corrected chi connectivity index (χ0v) is 7.16. The molecule has 0 heterocycles. The van der Waals surface area contributed by atoms with Crippen molar-refractivity contribution in [1.82, 2.24) is 0 Å². The first-order valence-electron chi connectivity index (χ1n) is 3.79. The maximum Gasteiger partial charge on any atom is 0.372 e. The van der Waals surface area contributed by atoms with Gasteiger partial charge in [0, 0.05) is 10.6 Å². The molecule has 1 rings (SSSR count). The molecule has 68 valence electrons. The van der Waals surface area contributed by atoms with E-state index in [2.05, 4.69) is 4.94 Å². The van der Waals surface area contributed by atoms with Crippen molar-refractivity contribution in [1.29, 1.82) is 0 Å². The van der Waals surface area contributed by atoms with Gasteiger partial charge in [0.05, 0.1) is 0 Å². The summed E-state index contributed by atoms with van der Waals surface area (Å²) >= 11 is 0. The molecule has 0 atom stereocenters. The van der Waals surface area contributed by atoms with Crippen LogP contribution in [0.4, 0.5) is 4.53 Å². The monoisotopic (exact) mass is 180 g/mol. The zero-order valence-electron chi connectivity index (χ0n) is 7.16. The molecule has 0 aliphatic carbocycles. The predicted octanol–water partition coefficient (Wildman–Crippen LogP) is 2.44. The Labute approximate surface area is 75.5 Å². The van der Waals surface area contributed by atoms with Crippen LogP contribution in [-0.4, -0.2) is 5.97 Å². The van der Waals surface area contributed by atoms with Gasteiger partial charge in [0.25, 0.3) is 0 Å². The first-order chi connectivity index (χ1) is 6.22. The summed E-state index contributed by atoms with van der Waals surface area (Å²) in [6.45, 7) is 1.96. The molecule has 1 aromatic rings. The van der Waals surface area contributed by atoms with Crippen LogP contribution in [-0.2, 0) is 9.74 Å². The molecular weight excluding hydrogens is 171 g/mol. The van der Waals surface area contributed by atoms with Gasteiger partial charge in [0.2, 0.25) is 0 Å². The zero-order chi connectivity index (χ0) is 9.68. The van der Waals surface area contributed by atoms with Crippen LogP contribution >= 0.6 is 0 Å². The Hall–Kier alpha value is -1.64. The van der Waals surface area contributed by atoms with Crippen molar-refractivity contribution in [2.24, 2.45) is 0 Å². The highest BCUT2D eigenvalue weighted by molar-refractivity contribution is 5.86. The Balaban J connectivity index is 2.69. The fourth-order valence-corrected chi connectivity index (χ4v) is 0.868. The van der Waals surface area contributed by atoms with Crippen molar-refractivity contribution in [3.63, 3.8) is 0 Å². The lowest BCUT2D eigenvalue weighted by Crippen LogP contribution is -1.89. The molecule has 0 bridgehead atoms. The Kier molecular flexibility index (Phi) is 3.20. The van der Waals surface area contributed by atoms with Gasteiger partial charge in [-0.15, -0.1) is 0 Å². The summed E-state index contributed by atoms with van der Waals surface area (Å²) < 4.78 is 11.3. The van der Waals surface area contributed by atoms with Crippen molar-refractivity contribution in [2.75, 3.05) is 0 Å². The quantitative estimate of drug-likeness (QED) is 0.653. The molecule has 0 saturated heterocycles. The molecule has 0 radical (unpaired) electrons. The second-order valence-corrected chi connectivity index (χ2v) is 2.64. The van der Waals surface area contributed by atoms with Crippen LogP contribution in [0.2, 0.25) is 0 Å². The minimum atomic E-state index is -0.999. The second kappa shape index (κ2) is 4.40. The predicted molar refractivity (Wildman–Crippen MR) is 47.4 cm³/mol. The van der Waals surface area contributed by atoms with Gasteiger partial charge in [-0.2, -0.15) is 0 Å². The molecule has 1 aromatic carbocycles. The molecule has 0 saturated carbocycles. The SMILES string of the molecule is Cc1ccc(/C=C/C(=O)OF)cc1. The van der Waals surface area contributed by atoms with Crippen LogP contribution in [0.1, 0.15) is 11.1 Å². The summed E-state index contributed by atoms with van der Waals surface area (Å²) in [4.78, 5) is 13.3. The minimum Gasteiger partial charge on any atom is -0.250 e. The van der Waals surface area contributed by atoms with Crippen molar-refractivity contribution in [3.05, 3.63) is 41.5 Å². The highest BCUT2D eigenvalue weighted by Crippen LogP contribution is 2.04. The molecule has 2 nitrogen and oxygen atoms in total. The number of hydrogen-bond donors (Lipinski definition) is 0. The molecular formula is C10H9FO2. The van der Waals surface area contributed by atoms with E-state index in [1.165, 1.54) is 6.08 Å². The smallest absolute Gasteiger partial charge is 0.250 e. The number of aryl methyl sites for hydroxylation is 1. The Morgan fingerprint density at radius 2 is 2.00 bits per heavy atom. The lowest BCUT2D eigenvalue weighted by molar-refractivity contribution is -0.176. The molecule has 0 fully saturated rings. The van der Waals surface area contributed by atoms with Gasteiger partial charge in [-0.05, 0) is 18.6 Å². The van der Waals surface area contributed by atoms with Crippen LogP contribution in [0.5, 0.6) is 0 Å². The Bertz CT molecular complexity index is 314. The molecule has 0 amide bonds. The van der Waals surface area contributed by atoms with E-state index in [1.54, 1.807) is 0 Å². The van der Waals surface area contributed by atoms with Crippen LogP contribution in [0.25, 0.3) is 6.08 Å². The summed E-state index contributed by atoms with van der Waals surface area (Å²) in [5.74, 6) is -0.999. The van der Waals surface area contributed by atoms with Gasteiger partial charge < -0.3 is 0 Å². The minimum absolute atomic E-state index is 0.830. The first kappa shape index (κ1) is 9.45. The van der Waals surface area contributed by atoms with Gasteiger partial charge in [0.15, 0.2) is 0 Å². The third-order valence-corrected chi connectivity index (χ3v) is 1.57. The summed E-state index contributed by atoms with van der Waals surface area (Å²) in [5, 5.41) is 0. The van der Waals surface area contributed by atoms with Gasteiger partial charge in [-0.1, -0.05) is 29.8 Å². The summed E-state index contributed by atoms with van der Waals surface area (Å²) in [5.41, 5.74) is 1.96. The number of hydrogen-bond acceptors (Lipinski definition) is 2. The van der Waals surface area contributed by atoms with E-state index < -0.39 is 5.97 Å². The molecule has 0 aliphatic heterocycles. The van der Waals surface area contributed by atoms with E-state index in [-0.39, 0.29) is 0 Å². The fraction of sp³-hybridized carbons (Fsp3) is 0.100. The fourth-order valence-electron chi connectivity index (χ4n) is 0.868. The normalized spacial score (nSPS) is 10.3. The summed E-state index contributed by atoms with van der Waals surface area (Å²) in [6.07, 6.45) is 2.52. The summed E-state index contributed by atoms with van der Waals surface area (Å²) in [6, 6.07) is 7.47. The largest absolute Gasteiger partial charge is 0.372 e. The first-order valence-corrected chi connectivity index (χ1v) is 3.79. The van der Waals surface area contributed by atoms with Crippen LogP contribution < -0.4 is 0 Å². The van der Waals surface area contributed by atoms with Gasteiger partial charge in [-0.25, -0.2) is 4.79 Å². The van der Waals surface area contributed by atoms with Crippen molar-refractivity contribution < 1.29 is 14.3 Å². The van der Waals surface area contributed by atoms with E-state index in [0.717, 1.165) is 17.2 Å². The highest BCUT2D eigenvalue weighted by Gasteiger charge is 1.94. The van der Waals surface area contributed by atoms with E-state index in [1.807, 2.05) is 31.2 Å². The van der Waals surface area contributed by atoms with E-state index >= 15 is 0 Å². The van der Waals surface area contributed by atoms with Crippen molar-refractivity contribution in [2.45, 2.75) is 6.92 Å². The molecule has 0 unspecified atom stereocenters. The average Bonchev–Trinajstić information content (AvgIpc) is 2.16. The summed E-state index contributed by atoms with van der Waals surface area (Å²) in [7, 11) is 0. The lowest BCUT2D eigenvalue weighted by Gasteiger charge is -1.93. The third kappa shape index (κ3) is 3.07. The lowest BCUT2D eigenvalue weighted by atomic mass is 10.1. The van der Waals surface area contributed by atoms with Crippen LogP contribution in [0.3, 0.4) is 0 Å². The maximum atomic E-state index is 11.3. The number of benzene rings is 1. The molecule has 13 heavy (non-hydrogen) atoms. The van der Waals surface area contributed by atoms with E-state index in [9.17, 15) is 9.32 Å². The van der Waals surface area contributed by atoms with Crippen molar-refractivity contribution >= 4 is 12.0 Å². The van der Waals surface area contributed by atoms with Crippen LogP contribution in [0, 0.1) is 6.92 Å². The molecule has 0 aliphatic rings. The van der Waals surface area contributed by atoms with Crippen molar-refractivity contribution in [3.8, 4) is 0 Å². The van der Waals surface area contributed by atoms with Gasteiger partial charge >= 0.3 is 5.97 Å². The second-order valence-electron chi connectivity index (χ2n) is 2.64. The van der Waals surface area contributed by atoms with E-state index in [0.29, 0.717) is 0 Å². The number of rotatable bonds is 2. The topological polar surface area (TPSA) is 26.3 Å². The standard InChI is InChI=1S/C10H9FO2/c1-8-2-4-9(5-3-8)6-7-10(12)13-11/h2-7H,1H3/b7-6+. The van der Waals surface area contributed by atoms with Crippen LogP contribution in [0.15, 0.2) is 30.3 Å². The van der Waals surface area contributed by atoms with Gasteiger partial charge in [-0.3, -0.25) is 4.94 Å². The molecule has 0 aromatic heterocycles. The Morgan fingerprint density at radius 3 is 2.54 bits per heavy atom. The molecule has 0 spiro atoms. The Morgan fingerprint density at radius 1 is 1.38 bits per heavy atom.